The van der Waals surface area contributed by atoms with Crippen LogP contribution >= 0.6 is 0 Å². The van der Waals surface area contributed by atoms with Crippen molar-refractivity contribution in [1.82, 2.24) is 9.55 Å². The topological polar surface area (TPSA) is 65.1 Å². The van der Waals surface area contributed by atoms with E-state index in [1.807, 2.05) is 30.2 Å². The van der Waals surface area contributed by atoms with Crippen LogP contribution < -0.4 is 4.90 Å². The predicted octanol–water partition coefficient (Wildman–Crippen LogP) is 4.76. The molecule has 3 rings (SSSR count). The van der Waals surface area contributed by atoms with Gasteiger partial charge in [-0.25, -0.2) is 4.98 Å². The number of aryl methyl sites for hydroxylation is 1. The molecule has 0 radical (unpaired) electrons. The van der Waals surface area contributed by atoms with Gasteiger partial charge >= 0.3 is 6.18 Å². The first-order valence-electron chi connectivity index (χ1n) is 10.3. The molecule has 1 aromatic carbocycles. The van der Waals surface area contributed by atoms with Crippen LogP contribution in [-0.4, -0.2) is 27.2 Å². The second kappa shape index (κ2) is 8.31. The Morgan fingerprint density at radius 3 is 2.67 bits per heavy atom. The highest BCUT2D eigenvalue weighted by Crippen LogP contribution is 2.41. The molecule has 1 aromatic heterocycles. The summed E-state index contributed by atoms with van der Waals surface area (Å²) in [6.45, 7) is 7.07. The van der Waals surface area contributed by atoms with Crippen molar-refractivity contribution in [3.8, 4) is 6.07 Å². The minimum Gasteiger partial charge on any atom is -0.383 e. The summed E-state index contributed by atoms with van der Waals surface area (Å²) < 4.78 is 42.3. The minimum absolute atomic E-state index is 0.131. The van der Waals surface area contributed by atoms with Crippen LogP contribution in [0.15, 0.2) is 24.5 Å². The monoisotopic (exact) mass is 420 g/mol. The smallest absolute Gasteiger partial charge is 0.383 e. The molecule has 1 heterocycles. The van der Waals surface area contributed by atoms with E-state index >= 15 is 0 Å². The molecule has 0 saturated heterocycles. The van der Waals surface area contributed by atoms with Gasteiger partial charge in [-0.2, -0.15) is 18.4 Å². The standard InChI is InChI=1S/C22H27F3N4O/c1-4-28-14-27-20(15(28)3)21(30)10-6-7-18(12-21)29(5-2)17-9-8-16(13-26)19(11-17)22(23,24)25/h8-9,11,14,18,30H,4-7,10,12H2,1-3H3. The van der Waals surface area contributed by atoms with E-state index in [1.54, 1.807) is 18.5 Å². The van der Waals surface area contributed by atoms with Gasteiger partial charge in [0.2, 0.25) is 0 Å². The Hall–Kier alpha value is -2.53. The number of hydrogen-bond acceptors (Lipinski definition) is 4. The lowest BCUT2D eigenvalue weighted by atomic mass is 9.78. The fourth-order valence-corrected chi connectivity index (χ4v) is 4.62. The van der Waals surface area contributed by atoms with E-state index in [2.05, 4.69) is 4.98 Å². The first-order chi connectivity index (χ1) is 14.1. The van der Waals surface area contributed by atoms with Gasteiger partial charge in [0, 0.05) is 36.9 Å². The van der Waals surface area contributed by atoms with Crippen molar-refractivity contribution >= 4 is 5.69 Å². The summed E-state index contributed by atoms with van der Waals surface area (Å²) in [5.74, 6) is 0. The van der Waals surface area contributed by atoms with Crippen molar-refractivity contribution < 1.29 is 18.3 Å². The van der Waals surface area contributed by atoms with Crippen LogP contribution in [0.1, 0.15) is 62.0 Å². The Morgan fingerprint density at radius 1 is 1.37 bits per heavy atom. The SMILES string of the molecule is CCN(c1ccc(C#N)c(C(F)(F)F)c1)C1CCCC(O)(c2ncn(CC)c2C)C1. The second-order valence-electron chi connectivity index (χ2n) is 7.87. The average molecular weight is 420 g/mol. The number of hydrogen-bond donors (Lipinski definition) is 1. The van der Waals surface area contributed by atoms with Gasteiger partial charge in [0.1, 0.15) is 5.60 Å². The van der Waals surface area contributed by atoms with Crippen LogP contribution in [0, 0.1) is 18.3 Å². The Balaban J connectivity index is 1.94. The molecule has 8 heteroatoms. The Kier molecular flexibility index (Phi) is 6.14. The summed E-state index contributed by atoms with van der Waals surface area (Å²) in [6, 6.07) is 5.33. The fraction of sp³-hybridized carbons (Fsp3) is 0.545. The van der Waals surface area contributed by atoms with Crippen LogP contribution in [0.3, 0.4) is 0 Å². The molecule has 0 aliphatic heterocycles. The molecule has 5 nitrogen and oxygen atoms in total. The molecular formula is C22H27F3N4O. The van der Waals surface area contributed by atoms with Crippen molar-refractivity contribution in [2.24, 2.45) is 0 Å². The summed E-state index contributed by atoms with van der Waals surface area (Å²) >= 11 is 0. The van der Waals surface area contributed by atoms with Crippen molar-refractivity contribution in [3.05, 3.63) is 47.0 Å². The summed E-state index contributed by atoms with van der Waals surface area (Å²) in [6.07, 6.45) is -0.394. The van der Waals surface area contributed by atoms with E-state index in [0.29, 0.717) is 30.8 Å². The van der Waals surface area contributed by atoms with E-state index in [9.17, 15) is 18.3 Å². The lowest BCUT2D eigenvalue weighted by molar-refractivity contribution is -0.137. The second-order valence-corrected chi connectivity index (χ2v) is 7.87. The first kappa shape index (κ1) is 22.2. The molecule has 2 unspecified atom stereocenters. The van der Waals surface area contributed by atoms with Gasteiger partial charge in [0.05, 0.1) is 29.2 Å². The number of halogens is 3. The maximum absolute atomic E-state index is 13.4. The number of nitrogens with zero attached hydrogens (tertiary/aromatic N) is 4. The van der Waals surface area contributed by atoms with E-state index in [0.717, 1.165) is 31.1 Å². The first-order valence-corrected chi connectivity index (χ1v) is 10.3. The largest absolute Gasteiger partial charge is 0.417 e. The number of anilines is 1. The molecule has 0 spiro atoms. The number of rotatable bonds is 5. The molecule has 2 aromatic rings. The Bertz CT molecular complexity index is 947. The third kappa shape index (κ3) is 4.04. The van der Waals surface area contributed by atoms with Gasteiger partial charge in [-0.1, -0.05) is 0 Å². The van der Waals surface area contributed by atoms with Crippen LogP contribution in [0.4, 0.5) is 18.9 Å². The van der Waals surface area contributed by atoms with E-state index in [-0.39, 0.29) is 11.6 Å². The number of alkyl halides is 3. The maximum Gasteiger partial charge on any atom is 0.417 e. The molecule has 2 atom stereocenters. The number of aromatic nitrogens is 2. The van der Waals surface area contributed by atoms with E-state index in [4.69, 9.17) is 5.26 Å². The molecule has 0 bridgehead atoms. The molecule has 1 saturated carbocycles. The van der Waals surface area contributed by atoms with Crippen molar-refractivity contribution in [1.29, 1.82) is 5.26 Å². The van der Waals surface area contributed by atoms with Crippen molar-refractivity contribution in [3.63, 3.8) is 0 Å². The van der Waals surface area contributed by atoms with Crippen LogP contribution in [0.5, 0.6) is 0 Å². The van der Waals surface area contributed by atoms with Gasteiger partial charge < -0.3 is 14.6 Å². The molecule has 1 aliphatic carbocycles. The minimum atomic E-state index is -4.60. The third-order valence-corrected chi connectivity index (χ3v) is 6.12. The maximum atomic E-state index is 13.4. The molecule has 0 amide bonds. The molecule has 1 aliphatic rings. The lowest BCUT2D eigenvalue weighted by Gasteiger charge is -2.42. The van der Waals surface area contributed by atoms with Crippen molar-refractivity contribution in [2.75, 3.05) is 11.4 Å². The number of benzene rings is 1. The fourth-order valence-electron chi connectivity index (χ4n) is 4.62. The van der Waals surface area contributed by atoms with Gasteiger partial charge in [0.25, 0.3) is 0 Å². The van der Waals surface area contributed by atoms with Gasteiger partial charge in [-0.3, -0.25) is 0 Å². The summed E-state index contributed by atoms with van der Waals surface area (Å²) in [4.78, 5) is 6.35. The summed E-state index contributed by atoms with van der Waals surface area (Å²) in [5, 5.41) is 20.5. The number of aliphatic hydroxyl groups is 1. The molecule has 162 valence electrons. The highest BCUT2D eigenvalue weighted by molar-refractivity contribution is 5.55. The zero-order chi connectivity index (χ0) is 22.1. The quantitative estimate of drug-likeness (QED) is 0.758. The van der Waals surface area contributed by atoms with Crippen LogP contribution in [0.25, 0.3) is 0 Å². The molecule has 30 heavy (non-hydrogen) atoms. The lowest BCUT2D eigenvalue weighted by Crippen LogP contribution is -2.45. The van der Waals surface area contributed by atoms with Gasteiger partial charge in [-0.15, -0.1) is 0 Å². The number of nitriles is 1. The molecule has 1 fully saturated rings. The highest BCUT2D eigenvalue weighted by Gasteiger charge is 2.41. The summed E-state index contributed by atoms with van der Waals surface area (Å²) in [5.41, 5.74) is -0.440. The van der Waals surface area contributed by atoms with E-state index < -0.39 is 17.3 Å². The normalized spacial score (nSPS) is 22.0. The Labute approximate surface area is 174 Å². The zero-order valence-corrected chi connectivity index (χ0v) is 17.5. The average Bonchev–Trinajstić information content (AvgIpc) is 3.09. The van der Waals surface area contributed by atoms with E-state index in [1.165, 1.54) is 6.07 Å². The zero-order valence-electron chi connectivity index (χ0n) is 17.5. The van der Waals surface area contributed by atoms with Crippen molar-refractivity contribution in [2.45, 2.75) is 70.8 Å². The van der Waals surface area contributed by atoms with Crippen LogP contribution in [0.2, 0.25) is 0 Å². The summed E-state index contributed by atoms with van der Waals surface area (Å²) in [7, 11) is 0. The van der Waals surface area contributed by atoms with Crippen LogP contribution in [-0.2, 0) is 18.3 Å². The van der Waals surface area contributed by atoms with Gasteiger partial charge in [0.15, 0.2) is 0 Å². The molecule has 1 N–H and O–H groups in total. The predicted molar refractivity (Wildman–Crippen MR) is 108 cm³/mol. The van der Waals surface area contributed by atoms with Gasteiger partial charge in [-0.05, 0) is 58.2 Å². The highest BCUT2D eigenvalue weighted by atomic mass is 19.4. The molecular weight excluding hydrogens is 393 g/mol. The third-order valence-electron chi connectivity index (χ3n) is 6.12. The Morgan fingerprint density at radius 2 is 2.10 bits per heavy atom. The number of imidazole rings is 1.